The van der Waals surface area contributed by atoms with Gasteiger partial charge in [0.2, 0.25) is 0 Å². The smallest absolute Gasteiger partial charge is 0.278 e. The Morgan fingerprint density at radius 3 is 2.30 bits per heavy atom. The van der Waals surface area contributed by atoms with Gasteiger partial charge in [0.1, 0.15) is 17.3 Å². The van der Waals surface area contributed by atoms with Gasteiger partial charge < -0.3 is 10.1 Å². The molecule has 0 saturated heterocycles. The second-order valence-corrected chi connectivity index (χ2v) is 8.25. The van der Waals surface area contributed by atoms with E-state index < -0.39 is 11.8 Å². The third-order valence-electron chi connectivity index (χ3n) is 5.64. The van der Waals surface area contributed by atoms with Crippen molar-refractivity contribution in [3.05, 3.63) is 99.5 Å². The number of nitrogens with zero attached hydrogens (tertiary/aromatic N) is 1. The minimum Gasteiger partial charge on any atom is -0.495 e. The van der Waals surface area contributed by atoms with E-state index in [1.54, 1.807) is 30.3 Å². The van der Waals surface area contributed by atoms with Crippen LogP contribution in [0, 0.1) is 19.7 Å². The zero-order valence-electron chi connectivity index (χ0n) is 18.4. The Kier molecular flexibility index (Phi) is 6.20. The van der Waals surface area contributed by atoms with Crippen molar-refractivity contribution in [2.75, 3.05) is 12.4 Å². The standard InChI is InChI=1S/C26H22ClFN2O3/c1-15-4-7-18(12-16(15)2)23-24(29-20-10-11-22(33-3)21(27)13-20)26(32)30(25(23)31)14-17-5-8-19(28)9-6-17/h4-13,29H,14H2,1-3H3. The van der Waals surface area contributed by atoms with Crippen molar-refractivity contribution < 1.29 is 18.7 Å². The normalized spacial score (nSPS) is 13.7. The number of imide groups is 1. The average Bonchev–Trinajstić information content (AvgIpc) is 3.01. The number of amides is 2. The highest BCUT2D eigenvalue weighted by Gasteiger charge is 2.39. The maximum atomic E-state index is 13.4. The van der Waals surface area contributed by atoms with E-state index in [0.717, 1.165) is 16.0 Å². The SMILES string of the molecule is COc1ccc(NC2=C(c3ccc(C)c(C)c3)C(=O)N(Cc3ccc(F)cc3)C2=O)cc1Cl. The fraction of sp³-hybridized carbons (Fsp3) is 0.154. The highest BCUT2D eigenvalue weighted by Crippen LogP contribution is 2.34. The van der Waals surface area contributed by atoms with Crippen molar-refractivity contribution in [3.63, 3.8) is 0 Å². The largest absolute Gasteiger partial charge is 0.495 e. The Balaban J connectivity index is 1.75. The van der Waals surface area contributed by atoms with Crippen LogP contribution in [-0.4, -0.2) is 23.8 Å². The quantitative estimate of drug-likeness (QED) is 0.489. The average molecular weight is 465 g/mol. The molecule has 0 fully saturated rings. The van der Waals surface area contributed by atoms with Crippen molar-refractivity contribution in [1.29, 1.82) is 0 Å². The zero-order valence-corrected chi connectivity index (χ0v) is 19.2. The Morgan fingerprint density at radius 2 is 1.67 bits per heavy atom. The van der Waals surface area contributed by atoms with Crippen molar-refractivity contribution in [2.24, 2.45) is 0 Å². The van der Waals surface area contributed by atoms with Gasteiger partial charge in [-0.25, -0.2) is 4.39 Å². The number of carbonyl (C=O) groups is 2. The van der Waals surface area contributed by atoms with Gasteiger partial charge in [0, 0.05) is 5.69 Å². The molecule has 0 radical (unpaired) electrons. The van der Waals surface area contributed by atoms with Crippen LogP contribution in [0.4, 0.5) is 10.1 Å². The number of benzene rings is 3. The summed E-state index contributed by atoms with van der Waals surface area (Å²) < 4.78 is 18.5. The Morgan fingerprint density at radius 1 is 0.939 bits per heavy atom. The number of ether oxygens (including phenoxy) is 1. The highest BCUT2D eigenvalue weighted by atomic mass is 35.5. The molecule has 0 unspecified atom stereocenters. The van der Waals surface area contributed by atoms with E-state index in [1.807, 2.05) is 32.0 Å². The van der Waals surface area contributed by atoms with Gasteiger partial charge in [-0.2, -0.15) is 0 Å². The number of methoxy groups -OCH3 is 1. The molecule has 0 saturated carbocycles. The molecule has 2 amide bonds. The molecule has 0 aromatic heterocycles. The molecule has 0 atom stereocenters. The van der Waals surface area contributed by atoms with E-state index in [1.165, 1.54) is 19.2 Å². The van der Waals surface area contributed by atoms with Gasteiger partial charge in [0.15, 0.2) is 0 Å². The molecule has 0 aliphatic carbocycles. The van der Waals surface area contributed by atoms with Gasteiger partial charge in [0.25, 0.3) is 11.8 Å². The number of nitrogens with one attached hydrogen (secondary N) is 1. The minimum absolute atomic E-state index is 0.0286. The Labute approximate surface area is 196 Å². The fourth-order valence-electron chi connectivity index (χ4n) is 3.66. The van der Waals surface area contributed by atoms with Crippen LogP contribution >= 0.6 is 11.6 Å². The van der Waals surface area contributed by atoms with Gasteiger partial charge in [-0.15, -0.1) is 0 Å². The van der Waals surface area contributed by atoms with Crippen LogP contribution in [0.5, 0.6) is 5.75 Å². The molecular formula is C26H22ClFN2O3. The molecule has 0 bridgehead atoms. The summed E-state index contributed by atoms with van der Waals surface area (Å²) in [5, 5.41) is 3.46. The molecule has 7 heteroatoms. The molecule has 3 aromatic carbocycles. The first-order valence-corrected chi connectivity index (χ1v) is 10.7. The predicted molar refractivity (Wildman–Crippen MR) is 126 cm³/mol. The fourth-order valence-corrected chi connectivity index (χ4v) is 3.92. The van der Waals surface area contributed by atoms with Gasteiger partial charge >= 0.3 is 0 Å². The molecule has 0 spiro atoms. The van der Waals surface area contributed by atoms with Gasteiger partial charge in [0.05, 0.1) is 24.3 Å². The Hall–Kier alpha value is -3.64. The maximum Gasteiger partial charge on any atom is 0.278 e. The third kappa shape index (κ3) is 4.47. The zero-order chi connectivity index (χ0) is 23.7. The minimum atomic E-state index is -0.468. The number of hydrogen-bond donors (Lipinski definition) is 1. The van der Waals surface area contributed by atoms with Crippen LogP contribution < -0.4 is 10.1 Å². The first-order valence-electron chi connectivity index (χ1n) is 10.3. The molecular weight excluding hydrogens is 443 g/mol. The number of anilines is 1. The van der Waals surface area contributed by atoms with E-state index >= 15 is 0 Å². The monoisotopic (exact) mass is 464 g/mol. The topological polar surface area (TPSA) is 58.6 Å². The summed E-state index contributed by atoms with van der Waals surface area (Å²) in [6, 6.07) is 16.4. The summed E-state index contributed by atoms with van der Waals surface area (Å²) >= 11 is 6.25. The number of carbonyl (C=O) groups excluding carboxylic acids is 2. The van der Waals surface area contributed by atoms with E-state index in [0.29, 0.717) is 27.6 Å². The van der Waals surface area contributed by atoms with E-state index in [2.05, 4.69) is 5.32 Å². The van der Waals surface area contributed by atoms with Crippen LogP contribution in [0.1, 0.15) is 22.3 Å². The van der Waals surface area contributed by atoms with E-state index in [-0.39, 0.29) is 23.6 Å². The lowest BCUT2D eigenvalue weighted by atomic mass is 9.99. The maximum absolute atomic E-state index is 13.4. The summed E-state index contributed by atoms with van der Waals surface area (Å²) in [6.07, 6.45) is 0. The molecule has 1 N–H and O–H groups in total. The lowest BCUT2D eigenvalue weighted by Gasteiger charge is -2.15. The first kappa shape index (κ1) is 22.6. The summed E-state index contributed by atoms with van der Waals surface area (Å²) in [7, 11) is 1.52. The third-order valence-corrected chi connectivity index (χ3v) is 5.93. The lowest BCUT2D eigenvalue weighted by Crippen LogP contribution is -2.32. The first-order chi connectivity index (χ1) is 15.8. The number of hydrogen-bond acceptors (Lipinski definition) is 4. The number of rotatable bonds is 6. The van der Waals surface area contributed by atoms with Crippen LogP contribution in [-0.2, 0) is 16.1 Å². The number of halogens is 2. The van der Waals surface area contributed by atoms with Crippen molar-refractivity contribution in [1.82, 2.24) is 4.90 Å². The van der Waals surface area contributed by atoms with Crippen LogP contribution in [0.2, 0.25) is 5.02 Å². The molecule has 1 aliphatic heterocycles. The van der Waals surface area contributed by atoms with Crippen LogP contribution in [0.25, 0.3) is 5.57 Å². The second-order valence-electron chi connectivity index (χ2n) is 7.85. The molecule has 5 nitrogen and oxygen atoms in total. The Bertz CT molecular complexity index is 1290. The summed E-state index contributed by atoms with van der Waals surface area (Å²) in [5.74, 6) is -0.776. The lowest BCUT2D eigenvalue weighted by molar-refractivity contribution is -0.137. The van der Waals surface area contributed by atoms with Gasteiger partial charge in [-0.3, -0.25) is 14.5 Å². The molecule has 3 aromatic rings. The van der Waals surface area contributed by atoms with Crippen molar-refractivity contribution in [3.8, 4) is 5.75 Å². The molecule has 33 heavy (non-hydrogen) atoms. The summed E-state index contributed by atoms with van der Waals surface area (Å²) in [4.78, 5) is 28.0. The van der Waals surface area contributed by atoms with Crippen LogP contribution in [0.3, 0.4) is 0 Å². The molecule has 1 heterocycles. The van der Waals surface area contributed by atoms with Crippen LogP contribution in [0.15, 0.2) is 66.4 Å². The number of aryl methyl sites for hydroxylation is 2. The van der Waals surface area contributed by atoms with E-state index in [4.69, 9.17) is 16.3 Å². The van der Waals surface area contributed by atoms with Gasteiger partial charge in [-0.1, -0.05) is 41.9 Å². The molecule has 168 valence electrons. The van der Waals surface area contributed by atoms with E-state index in [9.17, 15) is 14.0 Å². The second kappa shape index (κ2) is 9.08. The highest BCUT2D eigenvalue weighted by molar-refractivity contribution is 6.36. The molecule has 4 rings (SSSR count). The summed E-state index contributed by atoms with van der Waals surface area (Å²) in [6.45, 7) is 3.96. The van der Waals surface area contributed by atoms with Crippen molar-refractivity contribution in [2.45, 2.75) is 20.4 Å². The predicted octanol–water partition coefficient (Wildman–Crippen LogP) is 5.50. The van der Waals surface area contributed by atoms with Gasteiger partial charge in [-0.05, 0) is 66.4 Å². The molecule has 1 aliphatic rings. The summed E-state index contributed by atoms with van der Waals surface area (Å²) in [5.41, 5.74) is 4.34. The van der Waals surface area contributed by atoms with Crippen molar-refractivity contribution >= 4 is 34.7 Å².